The van der Waals surface area contributed by atoms with Gasteiger partial charge in [-0.15, -0.1) is 0 Å². The topological polar surface area (TPSA) is 37.4 Å². The van der Waals surface area contributed by atoms with E-state index in [0.717, 1.165) is 31.0 Å². The highest BCUT2D eigenvalue weighted by Crippen LogP contribution is 2.19. The zero-order valence-corrected chi connectivity index (χ0v) is 13.6. The van der Waals surface area contributed by atoms with Crippen molar-refractivity contribution in [3.8, 4) is 5.75 Å². The van der Waals surface area contributed by atoms with Crippen molar-refractivity contribution in [1.29, 1.82) is 0 Å². The maximum absolute atomic E-state index is 5.92. The molecule has 0 spiro atoms. The number of nitrogens with one attached hydrogen (secondary N) is 1. The molecular weight excluding hydrogens is 262 g/mol. The van der Waals surface area contributed by atoms with E-state index in [9.17, 15) is 0 Å². The molecule has 1 fully saturated rings. The molecule has 2 heterocycles. The highest BCUT2D eigenvalue weighted by Gasteiger charge is 2.19. The largest absolute Gasteiger partial charge is 0.490 e. The van der Waals surface area contributed by atoms with Crippen LogP contribution in [-0.4, -0.2) is 42.7 Å². The number of ether oxygens (including phenoxy) is 1. The third-order valence-corrected chi connectivity index (χ3v) is 4.34. The summed E-state index contributed by atoms with van der Waals surface area (Å²) in [6.07, 6.45) is 6.77. The lowest BCUT2D eigenvalue weighted by Crippen LogP contribution is -2.40. The minimum atomic E-state index is 0.341. The van der Waals surface area contributed by atoms with Gasteiger partial charge >= 0.3 is 0 Å². The second-order valence-electron chi connectivity index (χ2n) is 5.88. The van der Waals surface area contributed by atoms with Gasteiger partial charge in [0.05, 0.1) is 11.9 Å². The van der Waals surface area contributed by atoms with E-state index in [1.54, 1.807) is 0 Å². The van der Waals surface area contributed by atoms with E-state index in [1.165, 1.54) is 25.8 Å². The van der Waals surface area contributed by atoms with E-state index in [-0.39, 0.29) is 0 Å². The first-order valence-corrected chi connectivity index (χ1v) is 8.27. The third-order valence-electron chi connectivity index (χ3n) is 4.34. The summed E-state index contributed by atoms with van der Waals surface area (Å²) in [6.45, 7) is 7.22. The maximum atomic E-state index is 5.92. The maximum Gasteiger partial charge on any atom is 0.137 e. The summed E-state index contributed by atoms with van der Waals surface area (Å²) in [5.41, 5.74) is 1.10. The molecule has 0 amide bonds. The number of rotatable bonds is 7. The van der Waals surface area contributed by atoms with Crippen LogP contribution < -0.4 is 10.1 Å². The van der Waals surface area contributed by atoms with Gasteiger partial charge in [-0.2, -0.15) is 0 Å². The molecule has 1 saturated heterocycles. The van der Waals surface area contributed by atoms with Gasteiger partial charge in [-0.1, -0.05) is 20.3 Å². The molecule has 0 aromatic carbocycles. The van der Waals surface area contributed by atoms with Crippen LogP contribution in [0.3, 0.4) is 0 Å². The fourth-order valence-corrected chi connectivity index (χ4v) is 2.93. The third kappa shape index (κ3) is 4.68. The molecule has 0 bridgehead atoms. The minimum Gasteiger partial charge on any atom is -0.490 e. The van der Waals surface area contributed by atoms with E-state index in [0.29, 0.717) is 12.1 Å². The van der Waals surface area contributed by atoms with Gasteiger partial charge in [-0.25, -0.2) is 0 Å². The van der Waals surface area contributed by atoms with Crippen molar-refractivity contribution in [3.63, 3.8) is 0 Å². The lowest BCUT2D eigenvalue weighted by molar-refractivity contribution is 0.125. The van der Waals surface area contributed by atoms with Gasteiger partial charge < -0.3 is 15.0 Å². The molecule has 1 aliphatic heterocycles. The Hall–Kier alpha value is -1.13. The monoisotopic (exact) mass is 291 g/mol. The SMILES string of the molecule is CCNC(CC)c1ccc(OCC2CCCCN2C)cn1. The highest BCUT2D eigenvalue weighted by atomic mass is 16.5. The van der Waals surface area contributed by atoms with Gasteiger partial charge in [0, 0.05) is 12.1 Å². The van der Waals surface area contributed by atoms with Crippen molar-refractivity contribution < 1.29 is 4.74 Å². The molecule has 0 radical (unpaired) electrons. The van der Waals surface area contributed by atoms with Gasteiger partial charge in [0.2, 0.25) is 0 Å². The number of likely N-dealkylation sites (N-methyl/N-ethyl adjacent to an activating group) is 1. The number of hydrogen-bond donors (Lipinski definition) is 1. The van der Waals surface area contributed by atoms with Crippen molar-refractivity contribution in [2.75, 3.05) is 26.7 Å². The molecule has 1 aromatic rings. The quantitative estimate of drug-likeness (QED) is 0.838. The molecule has 4 nitrogen and oxygen atoms in total. The summed E-state index contributed by atoms with van der Waals surface area (Å²) in [5.74, 6) is 0.879. The van der Waals surface area contributed by atoms with Crippen molar-refractivity contribution in [2.24, 2.45) is 0 Å². The van der Waals surface area contributed by atoms with Gasteiger partial charge in [0.15, 0.2) is 0 Å². The van der Waals surface area contributed by atoms with E-state index in [1.807, 2.05) is 12.3 Å². The Bertz CT molecular complexity index is 407. The van der Waals surface area contributed by atoms with Crippen LogP contribution in [0.5, 0.6) is 5.75 Å². The molecule has 2 atom stereocenters. The van der Waals surface area contributed by atoms with Crippen LogP contribution in [0.15, 0.2) is 18.3 Å². The molecule has 1 aliphatic rings. The number of aromatic nitrogens is 1. The molecule has 4 heteroatoms. The van der Waals surface area contributed by atoms with Crippen LogP contribution in [0.25, 0.3) is 0 Å². The summed E-state index contributed by atoms with van der Waals surface area (Å²) in [7, 11) is 2.19. The summed E-state index contributed by atoms with van der Waals surface area (Å²) >= 11 is 0. The Morgan fingerprint density at radius 2 is 2.24 bits per heavy atom. The van der Waals surface area contributed by atoms with Crippen LogP contribution in [0.4, 0.5) is 0 Å². The number of piperidine rings is 1. The Balaban J connectivity index is 1.87. The Kier molecular flexibility index (Phi) is 6.46. The lowest BCUT2D eigenvalue weighted by Gasteiger charge is -2.32. The fourth-order valence-electron chi connectivity index (χ4n) is 2.93. The molecule has 1 aromatic heterocycles. The predicted molar refractivity (Wildman–Crippen MR) is 86.7 cm³/mol. The second kappa shape index (κ2) is 8.35. The fraction of sp³-hybridized carbons (Fsp3) is 0.706. The first-order chi connectivity index (χ1) is 10.2. The molecule has 0 aliphatic carbocycles. The van der Waals surface area contributed by atoms with Gasteiger partial charge in [0.25, 0.3) is 0 Å². The average Bonchev–Trinajstić information content (AvgIpc) is 2.52. The van der Waals surface area contributed by atoms with Crippen molar-refractivity contribution in [2.45, 2.75) is 51.6 Å². The summed E-state index contributed by atoms with van der Waals surface area (Å²) < 4.78 is 5.92. The van der Waals surface area contributed by atoms with Crippen LogP contribution in [0.1, 0.15) is 51.3 Å². The van der Waals surface area contributed by atoms with Gasteiger partial charge in [-0.05, 0) is 51.5 Å². The molecule has 0 saturated carbocycles. The first-order valence-electron chi connectivity index (χ1n) is 8.27. The van der Waals surface area contributed by atoms with Crippen molar-refractivity contribution in [1.82, 2.24) is 15.2 Å². The Labute approximate surface area is 128 Å². The van der Waals surface area contributed by atoms with Crippen LogP contribution in [0, 0.1) is 0 Å². The number of hydrogen-bond acceptors (Lipinski definition) is 4. The molecule has 118 valence electrons. The average molecular weight is 291 g/mol. The molecule has 21 heavy (non-hydrogen) atoms. The predicted octanol–water partition coefficient (Wildman–Crippen LogP) is 3.01. The van der Waals surface area contributed by atoms with E-state index in [2.05, 4.69) is 42.2 Å². The molecule has 2 unspecified atom stereocenters. The molecule has 1 N–H and O–H groups in total. The van der Waals surface area contributed by atoms with E-state index >= 15 is 0 Å². The van der Waals surface area contributed by atoms with Gasteiger partial charge in [-0.3, -0.25) is 4.98 Å². The number of likely N-dealkylation sites (tertiary alicyclic amines) is 1. The molecule has 2 rings (SSSR count). The Morgan fingerprint density at radius 1 is 1.38 bits per heavy atom. The normalized spacial score (nSPS) is 21.2. The number of pyridine rings is 1. The number of nitrogens with zero attached hydrogens (tertiary/aromatic N) is 2. The first kappa shape index (κ1) is 16.2. The lowest BCUT2D eigenvalue weighted by atomic mass is 10.0. The van der Waals surface area contributed by atoms with Crippen LogP contribution >= 0.6 is 0 Å². The minimum absolute atomic E-state index is 0.341. The highest BCUT2D eigenvalue weighted by molar-refractivity contribution is 5.21. The van der Waals surface area contributed by atoms with Gasteiger partial charge in [0.1, 0.15) is 12.4 Å². The van der Waals surface area contributed by atoms with E-state index in [4.69, 9.17) is 4.74 Å². The van der Waals surface area contributed by atoms with Crippen LogP contribution in [-0.2, 0) is 0 Å². The Morgan fingerprint density at radius 3 is 2.86 bits per heavy atom. The standard InChI is InChI=1S/C17H29N3O/c1-4-16(18-5-2)17-10-9-15(12-19-17)21-13-14-8-6-7-11-20(14)3/h9-10,12,14,16,18H,4-8,11,13H2,1-3H3. The van der Waals surface area contributed by atoms with Crippen LogP contribution in [0.2, 0.25) is 0 Å². The summed E-state index contributed by atoms with van der Waals surface area (Å²) in [5, 5.41) is 3.45. The zero-order chi connectivity index (χ0) is 15.1. The zero-order valence-electron chi connectivity index (χ0n) is 13.6. The smallest absolute Gasteiger partial charge is 0.137 e. The second-order valence-corrected chi connectivity index (χ2v) is 5.88. The van der Waals surface area contributed by atoms with E-state index < -0.39 is 0 Å². The summed E-state index contributed by atoms with van der Waals surface area (Å²) in [4.78, 5) is 6.96. The summed E-state index contributed by atoms with van der Waals surface area (Å²) in [6, 6.07) is 5.01. The van der Waals surface area contributed by atoms with Crippen molar-refractivity contribution >= 4 is 0 Å². The van der Waals surface area contributed by atoms with Crippen molar-refractivity contribution in [3.05, 3.63) is 24.0 Å². The molecular formula is C17H29N3O.